The van der Waals surface area contributed by atoms with E-state index in [0.717, 1.165) is 13.2 Å². The molecule has 4 heterocycles. The number of nitrogen functional groups attached to an aromatic ring is 1. The van der Waals surface area contributed by atoms with Crippen molar-refractivity contribution in [2.75, 3.05) is 37.9 Å². The van der Waals surface area contributed by atoms with Crippen molar-refractivity contribution < 1.29 is 46.5 Å². The SMILES string of the molecule is COC(=O)[C@H](C)NC(=O)Oc1cc(F)c(-c2cc(Cn3cnc4c(N)ncnc43)c(N3CCC(OC)[C@](N)([C@H](O)C(F)F)C3)cn2)cc1F. The summed E-state index contributed by atoms with van der Waals surface area (Å²) in [5.74, 6) is -3.54. The van der Waals surface area contributed by atoms with Crippen molar-refractivity contribution in [3.63, 3.8) is 0 Å². The van der Waals surface area contributed by atoms with Crippen molar-refractivity contribution in [3.05, 3.63) is 54.2 Å². The zero-order valence-corrected chi connectivity index (χ0v) is 26.4. The Morgan fingerprint density at radius 3 is 2.59 bits per heavy atom. The lowest BCUT2D eigenvalue weighted by atomic mass is 9.81. The number of aliphatic hydroxyl groups excluding tert-OH is 1. The van der Waals surface area contributed by atoms with Gasteiger partial charge in [0.25, 0.3) is 6.43 Å². The number of esters is 1. The zero-order valence-electron chi connectivity index (χ0n) is 26.4. The molecule has 0 saturated carbocycles. The summed E-state index contributed by atoms with van der Waals surface area (Å²) in [5.41, 5.74) is 11.6. The van der Waals surface area contributed by atoms with Crippen molar-refractivity contribution in [2.24, 2.45) is 5.73 Å². The fourth-order valence-corrected chi connectivity index (χ4v) is 5.71. The van der Waals surface area contributed by atoms with Gasteiger partial charge >= 0.3 is 12.1 Å². The molecule has 3 aromatic heterocycles. The molecule has 6 N–H and O–H groups in total. The number of carbonyl (C=O) groups excluding carboxylic acids is 2. The first kappa shape index (κ1) is 35.2. The number of rotatable bonds is 10. The van der Waals surface area contributed by atoms with Gasteiger partial charge in [0.2, 0.25) is 0 Å². The molecule has 0 aliphatic carbocycles. The Bertz CT molecular complexity index is 1860. The highest BCUT2D eigenvalue weighted by atomic mass is 19.3. The predicted molar refractivity (Wildman–Crippen MR) is 166 cm³/mol. The highest BCUT2D eigenvalue weighted by Crippen LogP contribution is 2.36. The Balaban J connectivity index is 1.53. The van der Waals surface area contributed by atoms with Crippen LogP contribution in [0.25, 0.3) is 22.4 Å². The molecular weight excluding hydrogens is 658 g/mol. The number of aromatic nitrogens is 5. The Morgan fingerprint density at radius 2 is 1.90 bits per heavy atom. The van der Waals surface area contributed by atoms with Crippen LogP contribution in [-0.4, -0.2) is 99.2 Å². The molecule has 0 bridgehead atoms. The van der Waals surface area contributed by atoms with E-state index in [2.05, 4.69) is 30.0 Å². The fourth-order valence-electron chi connectivity index (χ4n) is 5.71. The lowest BCUT2D eigenvalue weighted by Gasteiger charge is -2.48. The summed E-state index contributed by atoms with van der Waals surface area (Å²) >= 11 is 0. The van der Waals surface area contributed by atoms with Crippen molar-refractivity contribution in [1.82, 2.24) is 29.8 Å². The van der Waals surface area contributed by atoms with E-state index in [1.54, 1.807) is 9.47 Å². The lowest BCUT2D eigenvalue weighted by Crippen LogP contribution is -2.70. The Labute approximate surface area is 276 Å². The van der Waals surface area contributed by atoms with Crippen LogP contribution in [0.2, 0.25) is 0 Å². The molecule has 1 saturated heterocycles. The quantitative estimate of drug-likeness (QED) is 0.139. The number of nitrogens with two attached hydrogens (primary N) is 2. The number of pyridine rings is 1. The van der Waals surface area contributed by atoms with Crippen LogP contribution in [0, 0.1) is 11.6 Å². The summed E-state index contributed by atoms with van der Waals surface area (Å²) in [6, 6.07) is 1.76. The summed E-state index contributed by atoms with van der Waals surface area (Å²) in [6.07, 6.45) is -3.30. The number of halogens is 4. The first-order chi connectivity index (χ1) is 23.3. The van der Waals surface area contributed by atoms with Crippen LogP contribution < -0.4 is 26.4 Å². The molecule has 0 radical (unpaired) electrons. The van der Waals surface area contributed by atoms with Crippen LogP contribution in [0.3, 0.4) is 0 Å². The molecule has 262 valence electrons. The number of carbonyl (C=O) groups is 2. The van der Waals surface area contributed by atoms with Gasteiger partial charge in [0.15, 0.2) is 23.0 Å². The molecule has 4 aromatic rings. The van der Waals surface area contributed by atoms with Crippen LogP contribution in [0.5, 0.6) is 5.75 Å². The standard InChI is InChI=1S/C30H33F4N9O6/c1-14(28(45)48-3)41-29(46)49-21-8-17(31)16(7-18(21)32)19-6-15(10-43-13-40-23-26(35)38-12-39-27(23)43)20(9-37-19)42-5-4-22(47-2)30(36,11-42)24(44)25(33)34/h6-9,12-14,22,24-25,44H,4-5,10-11,36H2,1-3H3,(H,41,46)(H2,35,38,39)/t14-,22?,24+,30-/m0/s1. The number of hydrogen-bond acceptors (Lipinski definition) is 13. The van der Waals surface area contributed by atoms with Crippen LogP contribution >= 0.6 is 0 Å². The van der Waals surface area contributed by atoms with Gasteiger partial charge in [0.1, 0.15) is 29.8 Å². The third kappa shape index (κ3) is 7.03. The van der Waals surface area contributed by atoms with Gasteiger partial charge in [-0.3, -0.25) is 4.98 Å². The van der Waals surface area contributed by atoms with E-state index in [1.165, 1.54) is 39.0 Å². The molecule has 1 aliphatic rings. The van der Waals surface area contributed by atoms with Gasteiger partial charge < -0.3 is 45.6 Å². The molecule has 5 rings (SSSR count). The first-order valence-corrected chi connectivity index (χ1v) is 14.8. The summed E-state index contributed by atoms with van der Waals surface area (Å²) in [6.45, 7) is 1.31. The van der Waals surface area contributed by atoms with Crippen LogP contribution in [-0.2, 0) is 20.8 Å². The third-order valence-corrected chi connectivity index (χ3v) is 8.27. The predicted octanol–water partition coefficient (Wildman–Crippen LogP) is 2.00. The Kier molecular flexibility index (Phi) is 10.2. The van der Waals surface area contributed by atoms with Crippen LogP contribution in [0.1, 0.15) is 18.9 Å². The minimum atomic E-state index is -3.16. The molecule has 1 amide bonds. The second kappa shape index (κ2) is 14.1. The number of amides is 1. The van der Waals surface area contributed by atoms with Crippen LogP contribution in [0.4, 0.5) is 33.9 Å². The summed E-state index contributed by atoms with van der Waals surface area (Å²) in [4.78, 5) is 42.2. The minimum absolute atomic E-state index is 0.0147. The molecule has 1 fully saturated rings. The van der Waals surface area contributed by atoms with E-state index in [9.17, 15) is 23.5 Å². The van der Waals surface area contributed by atoms with Gasteiger partial charge in [-0.05, 0) is 31.0 Å². The maximum absolute atomic E-state index is 15.5. The van der Waals surface area contributed by atoms with Crippen molar-refractivity contribution in [3.8, 4) is 17.0 Å². The van der Waals surface area contributed by atoms with Crippen molar-refractivity contribution in [1.29, 1.82) is 0 Å². The first-order valence-electron chi connectivity index (χ1n) is 14.8. The largest absolute Gasteiger partial charge is 0.467 e. The molecule has 49 heavy (non-hydrogen) atoms. The van der Waals surface area contributed by atoms with E-state index in [4.69, 9.17) is 20.9 Å². The van der Waals surface area contributed by atoms with Crippen molar-refractivity contribution >= 4 is 34.7 Å². The molecule has 0 spiro atoms. The second-order valence-corrected chi connectivity index (χ2v) is 11.4. The molecule has 15 nitrogen and oxygen atoms in total. The number of alkyl halides is 2. The van der Waals surface area contributed by atoms with Gasteiger partial charge in [-0.25, -0.2) is 42.1 Å². The van der Waals surface area contributed by atoms with E-state index >= 15 is 8.78 Å². The number of anilines is 2. The van der Waals surface area contributed by atoms with Gasteiger partial charge in [-0.1, -0.05) is 0 Å². The van der Waals surface area contributed by atoms with E-state index < -0.39 is 59.7 Å². The van der Waals surface area contributed by atoms with Crippen molar-refractivity contribution in [2.45, 2.75) is 50.1 Å². The lowest BCUT2D eigenvalue weighted by molar-refractivity contribution is -0.142. The molecule has 19 heteroatoms. The van der Waals surface area contributed by atoms with Gasteiger partial charge in [0, 0.05) is 31.8 Å². The number of nitrogens with zero attached hydrogens (tertiary/aromatic N) is 6. The number of methoxy groups -OCH3 is 2. The van der Waals surface area contributed by atoms with E-state index in [1.807, 2.05) is 0 Å². The van der Waals surface area contributed by atoms with Gasteiger partial charge in [0.05, 0.1) is 49.2 Å². The number of aliphatic hydroxyl groups is 1. The number of ether oxygens (including phenoxy) is 3. The number of benzene rings is 1. The normalized spacial score (nSPS) is 19.1. The second-order valence-electron chi connectivity index (χ2n) is 11.4. The molecule has 4 atom stereocenters. The maximum Gasteiger partial charge on any atom is 0.413 e. The number of fused-ring (bicyclic) bond motifs is 1. The summed E-state index contributed by atoms with van der Waals surface area (Å²) < 4.78 is 74.5. The van der Waals surface area contributed by atoms with Gasteiger partial charge in [-0.15, -0.1) is 0 Å². The molecule has 1 aromatic carbocycles. The highest BCUT2D eigenvalue weighted by molar-refractivity contribution is 5.82. The smallest absolute Gasteiger partial charge is 0.413 e. The highest BCUT2D eigenvalue weighted by Gasteiger charge is 2.50. The number of piperidine rings is 1. The zero-order chi connectivity index (χ0) is 35.6. The number of nitrogens with one attached hydrogen (secondary N) is 1. The van der Waals surface area contributed by atoms with E-state index in [0.29, 0.717) is 28.5 Å². The van der Waals surface area contributed by atoms with E-state index in [-0.39, 0.29) is 43.1 Å². The average Bonchev–Trinajstić information content (AvgIpc) is 3.48. The Hall–Kier alpha value is -5.14. The number of hydrogen-bond donors (Lipinski definition) is 4. The summed E-state index contributed by atoms with van der Waals surface area (Å²) in [7, 11) is 2.43. The fraction of sp³-hybridized carbons (Fsp3) is 0.400. The maximum atomic E-state index is 15.5. The van der Waals surface area contributed by atoms with Crippen LogP contribution in [0.15, 0.2) is 37.1 Å². The molecule has 1 unspecified atom stereocenters. The molecule has 1 aliphatic heterocycles. The Morgan fingerprint density at radius 1 is 1.14 bits per heavy atom. The topological polar surface area (TPSA) is 206 Å². The molecular formula is C30H33F4N9O6. The minimum Gasteiger partial charge on any atom is -0.467 e. The third-order valence-electron chi connectivity index (χ3n) is 8.27. The van der Waals surface area contributed by atoms with Gasteiger partial charge in [-0.2, -0.15) is 0 Å². The summed E-state index contributed by atoms with van der Waals surface area (Å²) in [5, 5.41) is 12.6. The average molecular weight is 692 g/mol. The number of imidazole rings is 1. The monoisotopic (exact) mass is 691 g/mol.